The summed E-state index contributed by atoms with van der Waals surface area (Å²) in [7, 11) is 0. The SMILES string of the molecule is NNC(c1ccoc1)c1csc2ccccc12. The molecular formula is C13H12N2OS. The highest BCUT2D eigenvalue weighted by atomic mass is 32.1. The first kappa shape index (κ1) is 10.5. The molecule has 2 aromatic heterocycles. The van der Waals surface area contributed by atoms with Gasteiger partial charge in [0.15, 0.2) is 0 Å². The summed E-state index contributed by atoms with van der Waals surface area (Å²) in [5.74, 6) is 5.66. The molecule has 4 heteroatoms. The Morgan fingerprint density at radius 3 is 2.88 bits per heavy atom. The average molecular weight is 244 g/mol. The summed E-state index contributed by atoms with van der Waals surface area (Å²) < 4.78 is 6.38. The molecule has 0 aliphatic heterocycles. The third-order valence-electron chi connectivity index (χ3n) is 2.87. The molecule has 1 aromatic carbocycles. The fourth-order valence-electron chi connectivity index (χ4n) is 2.03. The number of fused-ring (bicyclic) bond motifs is 1. The summed E-state index contributed by atoms with van der Waals surface area (Å²) in [5, 5.41) is 3.38. The highest BCUT2D eigenvalue weighted by molar-refractivity contribution is 7.17. The van der Waals surface area contributed by atoms with Gasteiger partial charge in [-0.1, -0.05) is 18.2 Å². The van der Waals surface area contributed by atoms with E-state index in [0.717, 1.165) is 5.56 Å². The van der Waals surface area contributed by atoms with Crippen LogP contribution in [0.25, 0.3) is 10.1 Å². The third kappa shape index (κ3) is 1.76. The van der Waals surface area contributed by atoms with Crippen LogP contribution in [0.2, 0.25) is 0 Å². The van der Waals surface area contributed by atoms with Gasteiger partial charge < -0.3 is 4.42 Å². The molecule has 0 spiro atoms. The van der Waals surface area contributed by atoms with Crippen LogP contribution in [0, 0.1) is 0 Å². The molecule has 0 radical (unpaired) electrons. The van der Waals surface area contributed by atoms with Gasteiger partial charge in [0.2, 0.25) is 0 Å². The first-order valence-electron chi connectivity index (χ1n) is 5.34. The van der Waals surface area contributed by atoms with E-state index in [0.29, 0.717) is 0 Å². The molecule has 3 aromatic rings. The van der Waals surface area contributed by atoms with E-state index in [4.69, 9.17) is 10.3 Å². The summed E-state index contributed by atoms with van der Waals surface area (Å²) in [4.78, 5) is 0. The number of benzene rings is 1. The number of hydrazine groups is 1. The van der Waals surface area contributed by atoms with Crippen molar-refractivity contribution >= 4 is 21.4 Å². The second-order valence-corrected chi connectivity index (χ2v) is 4.75. The van der Waals surface area contributed by atoms with Crippen LogP contribution in [-0.2, 0) is 0 Å². The van der Waals surface area contributed by atoms with Crippen LogP contribution in [-0.4, -0.2) is 0 Å². The quantitative estimate of drug-likeness (QED) is 0.550. The van der Waals surface area contributed by atoms with Gasteiger partial charge in [-0.15, -0.1) is 11.3 Å². The lowest BCUT2D eigenvalue weighted by Crippen LogP contribution is -2.28. The van der Waals surface area contributed by atoms with Crippen LogP contribution < -0.4 is 11.3 Å². The molecular weight excluding hydrogens is 232 g/mol. The lowest BCUT2D eigenvalue weighted by Gasteiger charge is -2.13. The van der Waals surface area contributed by atoms with E-state index in [1.807, 2.05) is 18.2 Å². The molecule has 2 heterocycles. The van der Waals surface area contributed by atoms with Crippen molar-refractivity contribution in [2.75, 3.05) is 0 Å². The highest BCUT2D eigenvalue weighted by Gasteiger charge is 2.17. The molecule has 3 nitrogen and oxygen atoms in total. The van der Waals surface area contributed by atoms with E-state index in [9.17, 15) is 0 Å². The van der Waals surface area contributed by atoms with Gasteiger partial charge in [-0.05, 0) is 28.5 Å². The number of furan rings is 1. The van der Waals surface area contributed by atoms with E-state index in [2.05, 4.69) is 22.9 Å². The maximum absolute atomic E-state index is 5.66. The lowest BCUT2D eigenvalue weighted by molar-refractivity contribution is 0.554. The van der Waals surface area contributed by atoms with Crippen molar-refractivity contribution in [2.45, 2.75) is 6.04 Å². The van der Waals surface area contributed by atoms with Gasteiger partial charge >= 0.3 is 0 Å². The fraction of sp³-hybridized carbons (Fsp3) is 0.0769. The van der Waals surface area contributed by atoms with Crippen molar-refractivity contribution < 1.29 is 4.42 Å². The number of hydrogen-bond acceptors (Lipinski definition) is 4. The van der Waals surface area contributed by atoms with Gasteiger partial charge in [0.25, 0.3) is 0 Å². The molecule has 0 aliphatic rings. The van der Waals surface area contributed by atoms with Crippen LogP contribution in [0.4, 0.5) is 0 Å². The van der Waals surface area contributed by atoms with E-state index >= 15 is 0 Å². The summed E-state index contributed by atoms with van der Waals surface area (Å²) in [6.45, 7) is 0. The third-order valence-corrected chi connectivity index (χ3v) is 3.85. The van der Waals surface area contributed by atoms with Crippen molar-refractivity contribution in [3.05, 3.63) is 59.4 Å². The number of nitrogens with two attached hydrogens (primary N) is 1. The smallest absolute Gasteiger partial charge is 0.0954 e. The van der Waals surface area contributed by atoms with E-state index in [1.54, 1.807) is 23.9 Å². The van der Waals surface area contributed by atoms with Gasteiger partial charge in [-0.2, -0.15) is 0 Å². The number of hydrogen-bond donors (Lipinski definition) is 2. The Kier molecular flexibility index (Phi) is 2.68. The predicted molar refractivity (Wildman–Crippen MR) is 69.7 cm³/mol. The van der Waals surface area contributed by atoms with Crippen LogP contribution in [0.3, 0.4) is 0 Å². The summed E-state index contributed by atoms with van der Waals surface area (Å²) in [6.07, 6.45) is 3.38. The second kappa shape index (κ2) is 4.33. The Morgan fingerprint density at radius 2 is 2.12 bits per heavy atom. The Morgan fingerprint density at radius 1 is 1.24 bits per heavy atom. The lowest BCUT2D eigenvalue weighted by atomic mass is 10.0. The molecule has 17 heavy (non-hydrogen) atoms. The first-order chi connectivity index (χ1) is 8.40. The topological polar surface area (TPSA) is 51.2 Å². The zero-order valence-electron chi connectivity index (χ0n) is 9.09. The first-order valence-corrected chi connectivity index (χ1v) is 6.22. The van der Waals surface area contributed by atoms with Gasteiger partial charge in [-0.25, -0.2) is 5.43 Å². The Bertz CT molecular complexity index is 615. The minimum absolute atomic E-state index is 0.0232. The van der Waals surface area contributed by atoms with Crippen molar-refractivity contribution in [3.8, 4) is 0 Å². The molecule has 1 atom stereocenters. The summed E-state index contributed by atoms with van der Waals surface area (Å²) in [6, 6.07) is 10.2. The molecule has 86 valence electrons. The largest absolute Gasteiger partial charge is 0.472 e. The minimum Gasteiger partial charge on any atom is -0.472 e. The van der Waals surface area contributed by atoms with Gasteiger partial charge in [0.1, 0.15) is 0 Å². The molecule has 0 aliphatic carbocycles. The van der Waals surface area contributed by atoms with E-state index in [-0.39, 0.29) is 6.04 Å². The van der Waals surface area contributed by atoms with Crippen molar-refractivity contribution in [1.82, 2.24) is 5.43 Å². The highest BCUT2D eigenvalue weighted by Crippen LogP contribution is 2.33. The van der Waals surface area contributed by atoms with Crippen molar-refractivity contribution in [2.24, 2.45) is 5.84 Å². The Hall–Kier alpha value is -1.62. The standard InChI is InChI=1S/C13H12N2OS/c14-15-13(9-5-6-16-7-9)11-8-17-12-4-2-1-3-10(11)12/h1-8,13,15H,14H2. The number of nitrogens with one attached hydrogen (secondary N) is 1. The normalized spacial score (nSPS) is 13.0. The average Bonchev–Trinajstić information content (AvgIpc) is 3.01. The van der Waals surface area contributed by atoms with Crippen LogP contribution >= 0.6 is 11.3 Å². The molecule has 0 fully saturated rings. The molecule has 0 saturated heterocycles. The molecule has 3 N–H and O–H groups in total. The molecule has 0 bridgehead atoms. The van der Waals surface area contributed by atoms with Crippen molar-refractivity contribution in [1.29, 1.82) is 0 Å². The number of thiophene rings is 1. The predicted octanol–water partition coefficient (Wildman–Crippen LogP) is 3.05. The van der Waals surface area contributed by atoms with E-state index < -0.39 is 0 Å². The van der Waals surface area contributed by atoms with Crippen LogP contribution in [0.5, 0.6) is 0 Å². The minimum atomic E-state index is -0.0232. The number of rotatable bonds is 3. The molecule has 0 saturated carbocycles. The zero-order valence-corrected chi connectivity index (χ0v) is 9.91. The summed E-state index contributed by atoms with van der Waals surface area (Å²) >= 11 is 1.73. The fourth-order valence-corrected chi connectivity index (χ4v) is 3.01. The monoisotopic (exact) mass is 244 g/mol. The van der Waals surface area contributed by atoms with Gasteiger partial charge in [0, 0.05) is 10.3 Å². The van der Waals surface area contributed by atoms with Crippen LogP contribution in [0.15, 0.2) is 52.7 Å². The summed E-state index contributed by atoms with van der Waals surface area (Å²) in [5.41, 5.74) is 5.07. The van der Waals surface area contributed by atoms with Crippen molar-refractivity contribution in [3.63, 3.8) is 0 Å². The maximum atomic E-state index is 5.66. The zero-order chi connectivity index (χ0) is 11.7. The molecule has 3 rings (SSSR count). The Balaban J connectivity index is 2.13. The van der Waals surface area contributed by atoms with E-state index in [1.165, 1.54) is 15.6 Å². The van der Waals surface area contributed by atoms with Gasteiger partial charge in [0.05, 0.1) is 18.6 Å². The van der Waals surface area contributed by atoms with Crippen LogP contribution in [0.1, 0.15) is 17.2 Å². The molecule has 1 unspecified atom stereocenters. The second-order valence-electron chi connectivity index (χ2n) is 3.84. The molecule has 0 amide bonds. The Labute approximate surface area is 103 Å². The maximum Gasteiger partial charge on any atom is 0.0954 e. The van der Waals surface area contributed by atoms with Gasteiger partial charge in [-0.3, -0.25) is 5.84 Å².